The fourth-order valence-corrected chi connectivity index (χ4v) is 2.99. The van der Waals surface area contributed by atoms with Crippen molar-refractivity contribution in [2.45, 2.75) is 25.2 Å². The fourth-order valence-electron chi connectivity index (χ4n) is 1.88. The van der Waals surface area contributed by atoms with E-state index in [4.69, 9.17) is 5.26 Å². The molecule has 0 radical (unpaired) electrons. The Hall–Kier alpha value is -2.39. The third-order valence-corrected chi connectivity index (χ3v) is 4.37. The molecule has 0 saturated carbocycles. The number of nitrogens with zero attached hydrogens (tertiary/aromatic N) is 2. The monoisotopic (exact) mass is 301 g/mol. The molecule has 6 heteroatoms. The van der Waals surface area contributed by atoms with Crippen LogP contribution in [0.2, 0.25) is 0 Å². The number of nitrogens with one attached hydrogen (secondary N) is 1. The van der Waals surface area contributed by atoms with Crippen molar-refractivity contribution in [3.63, 3.8) is 0 Å². The van der Waals surface area contributed by atoms with Gasteiger partial charge >= 0.3 is 0 Å². The largest absolute Gasteiger partial charge is 0.278 e. The molecule has 1 N–H and O–H groups in total. The summed E-state index contributed by atoms with van der Waals surface area (Å²) in [6.07, 6.45) is 0.259. The maximum atomic E-state index is 12.3. The van der Waals surface area contributed by atoms with Gasteiger partial charge in [0.05, 0.1) is 28.8 Å². The van der Waals surface area contributed by atoms with Crippen LogP contribution in [0.15, 0.2) is 41.3 Å². The Balaban J connectivity index is 2.27. The molecule has 0 fully saturated rings. The molecule has 1 aromatic carbocycles. The van der Waals surface area contributed by atoms with Crippen molar-refractivity contribution >= 4 is 15.7 Å². The van der Waals surface area contributed by atoms with Crippen molar-refractivity contribution in [2.75, 3.05) is 4.72 Å². The number of sulfonamides is 1. The number of anilines is 1. The maximum Gasteiger partial charge on any atom is 0.261 e. The highest BCUT2D eigenvalue weighted by Crippen LogP contribution is 2.19. The lowest BCUT2D eigenvalue weighted by Crippen LogP contribution is -2.14. The molecular weight excluding hydrogens is 286 g/mol. The van der Waals surface area contributed by atoms with Crippen LogP contribution < -0.4 is 4.72 Å². The smallest absolute Gasteiger partial charge is 0.261 e. The van der Waals surface area contributed by atoms with Crippen molar-refractivity contribution < 1.29 is 8.42 Å². The van der Waals surface area contributed by atoms with Gasteiger partial charge in [-0.15, -0.1) is 0 Å². The standard InChI is InChI=1S/C15H15N3O2S/c1-11-3-8-15(12(2)17-11)18-21(19,20)14-6-4-13(5-7-14)9-10-16/h3-8,18H,9H2,1-2H3. The van der Waals surface area contributed by atoms with Crippen LogP contribution in [0.1, 0.15) is 17.0 Å². The minimum Gasteiger partial charge on any atom is -0.278 e. The van der Waals surface area contributed by atoms with Gasteiger partial charge in [0, 0.05) is 5.69 Å². The van der Waals surface area contributed by atoms with E-state index in [1.807, 2.05) is 13.0 Å². The summed E-state index contributed by atoms with van der Waals surface area (Å²) < 4.78 is 27.1. The quantitative estimate of drug-likeness (QED) is 0.940. The summed E-state index contributed by atoms with van der Waals surface area (Å²) in [5.41, 5.74) is 2.70. The SMILES string of the molecule is Cc1ccc(NS(=O)(=O)c2ccc(CC#N)cc2)c(C)n1. The fraction of sp³-hybridized carbons (Fsp3) is 0.200. The Morgan fingerprint density at radius 1 is 1.14 bits per heavy atom. The summed E-state index contributed by atoms with van der Waals surface area (Å²) in [6, 6.07) is 11.7. The zero-order valence-electron chi connectivity index (χ0n) is 11.8. The summed E-state index contributed by atoms with van der Waals surface area (Å²) >= 11 is 0. The summed E-state index contributed by atoms with van der Waals surface area (Å²) in [4.78, 5) is 4.38. The van der Waals surface area contributed by atoms with E-state index >= 15 is 0 Å². The molecule has 0 aliphatic heterocycles. The molecule has 1 heterocycles. The number of aromatic nitrogens is 1. The second-order valence-electron chi connectivity index (χ2n) is 4.67. The van der Waals surface area contributed by atoms with Crippen LogP contribution in [-0.4, -0.2) is 13.4 Å². The van der Waals surface area contributed by atoms with Crippen LogP contribution in [-0.2, 0) is 16.4 Å². The van der Waals surface area contributed by atoms with Gasteiger partial charge in [-0.05, 0) is 43.7 Å². The predicted octanol–water partition coefficient (Wildman–Crippen LogP) is 2.57. The zero-order valence-corrected chi connectivity index (χ0v) is 12.6. The van der Waals surface area contributed by atoms with E-state index in [0.717, 1.165) is 11.3 Å². The van der Waals surface area contributed by atoms with Crippen LogP contribution >= 0.6 is 0 Å². The molecule has 5 nitrogen and oxygen atoms in total. The minimum absolute atomic E-state index is 0.157. The first-order valence-electron chi connectivity index (χ1n) is 6.35. The normalized spacial score (nSPS) is 10.9. The Bertz CT molecular complexity index is 791. The van der Waals surface area contributed by atoms with Crippen molar-refractivity contribution in [2.24, 2.45) is 0 Å². The zero-order chi connectivity index (χ0) is 15.5. The average molecular weight is 301 g/mol. The molecule has 0 aliphatic rings. The van der Waals surface area contributed by atoms with E-state index in [2.05, 4.69) is 9.71 Å². The average Bonchev–Trinajstić information content (AvgIpc) is 2.43. The molecule has 2 aromatic rings. The van der Waals surface area contributed by atoms with Crippen LogP contribution in [0.3, 0.4) is 0 Å². The van der Waals surface area contributed by atoms with Gasteiger partial charge < -0.3 is 0 Å². The molecule has 0 atom stereocenters. The van der Waals surface area contributed by atoms with Gasteiger partial charge in [-0.25, -0.2) is 8.42 Å². The lowest BCUT2D eigenvalue weighted by Gasteiger charge is -2.10. The lowest BCUT2D eigenvalue weighted by molar-refractivity contribution is 0.601. The lowest BCUT2D eigenvalue weighted by atomic mass is 10.2. The Labute approximate surface area is 124 Å². The van der Waals surface area contributed by atoms with E-state index < -0.39 is 10.0 Å². The first kappa shape index (κ1) is 15.0. The number of rotatable bonds is 4. The van der Waals surface area contributed by atoms with Crippen molar-refractivity contribution in [1.29, 1.82) is 5.26 Å². The second kappa shape index (κ2) is 5.94. The number of hydrogen-bond acceptors (Lipinski definition) is 4. The molecule has 0 spiro atoms. The highest BCUT2D eigenvalue weighted by atomic mass is 32.2. The number of hydrogen-bond donors (Lipinski definition) is 1. The highest BCUT2D eigenvalue weighted by Gasteiger charge is 2.15. The van der Waals surface area contributed by atoms with Gasteiger partial charge in [0.2, 0.25) is 0 Å². The first-order chi connectivity index (χ1) is 9.92. The molecule has 1 aromatic heterocycles. The topological polar surface area (TPSA) is 82.9 Å². The van der Waals surface area contributed by atoms with Gasteiger partial charge in [-0.2, -0.15) is 5.26 Å². The van der Waals surface area contributed by atoms with E-state index in [1.54, 1.807) is 31.2 Å². The molecule has 2 rings (SSSR count). The Morgan fingerprint density at radius 3 is 2.38 bits per heavy atom. The predicted molar refractivity (Wildman–Crippen MR) is 80.3 cm³/mol. The van der Waals surface area contributed by atoms with Gasteiger partial charge in [0.1, 0.15) is 0 Å². The number of pyridine rings is 1. The molecular formula is C15H15N3O2S. The van der Waals surface area contributed by atoms with E-state index in [-0.39, 0.29) is 11.3 Å². The maximum absolute atomic E-state index is 12.3. The molecule has 0 unspecified atom stereocenters. The third-order valence-electron chi connectivity index (χ3n) is 2.99. The van der Waals surface area contributed by atoms with Crippen molar-refractivity contribution in [3.8, 4) is 6.07 Å². The van der Waals surface area contributed by atoms with E-state index in [1.165, 1.54) is 12.1 Å². The third kappa shape index (κ3) is 3.58. The van der Waals surface area contributed by atoms with Crippen LogP contribution in [0, 0.1) is 25.2 Å². The Kier molecular flexibility index (Phi) is 4.24. The van der Waals surface area contributed by atoms with Crippen LogP contribution in [0.5, 0.6) is 0 Å². The summed E-state index contributed by atoms with van der Waals surface area (Å²) in [5, 5.41) is 8.61. The molecule has 0 saturated heterocycles. The summed E-state index contributed by atoms with van der Waals surface area (Å²) in [5.74, 6) is 0. The number of benzene rings is 1. The molecule has 0 aliphatic carbocycles. The van der Waals surface area contributed by atoms with Crippen molar-refractivity contribution in [3.05, 3.63) is 53.3 Å². The molecule has 0 amide bonds. The molecule has 108 valence electrons. The molecule has 21 heavy (non-hydrogen) atoms. The van der Waals surface area contributed by atoms with Crippen LogP contribution in [0.4, 0.5) is 5.69 Å². The minimum atomic E-state index is -3.65. The number of aryl methyl sites for hydroxylation is 2. The van der Waals surface area contributed by atoms with Gasteiger partial charge in [-0.1, -0.05) is 12.1 Å². The number of nitriles is 1. The van der Waals surface area contributed by atoms with Gasteiger partial charge in [-0.3, -0.25) is 9.71 Å². The second-order valence-corrected chi connectivity index (χ2v) is 6.35. The van der Waals surface area contributed by atoms with Crippen molar-refractivity contribution in [1.82, 2.24) is 4.98 Å². The van der Waals surface area contributed by atoms with Crippen LogP contribution in [0.25, 0.3) is 0 Å². The van der Waals surface area contributed by atoms with Gasteiger partial charge in [0.25, 0.3) is 10.0 Å². The summed E-state index contributed by atoms with van der Waals surface area (Å²) in [7, 11) is -3.65. The highest BCUT2D eigenvalue weighted by molar-refractivity contribution is 7.92. The van der Waals surface area contributed by atoms with Gasteiger partial charge in [0.15, 0.2) is 0 Å². The Morgan fingerprint density at radius 2 is 1.81 bits per heavy atom. The summed E-state index contributed by atoms with van der Waals surface area (Å²) in [6.45, 7) is 3.60. The van der Waals surface area contributed by atoms with E-state index in [9.17, 15) is 8.42 Å². The molecule has 0 bridgehead atoms. The van der Waals surface area contributed by atoms with E-state index in [0.29, 0.717) is 11.4 Å². The first-order valence-corrected chi connectivity index (χ1v) is 7.83.